The lowest BCUT2D eigenvalue weighted by Gasteiger charge is -2.30. The van der Waals surface area contributed by atoms with E-state index in [0.29, 0.717) is 12.5 Å². The number of nitrogens with zero attached hydrogens (tertiary/aromatic N) is 1. The lowest BCUT2D eigenvalue weighted by Crippen LogP contribution is -2.48. The molecule has 0 aromatic rings. The summed E-state index contributed by atoms with van der Waals surface area (Å²) in [5.74, 6) is 0.352. The van der Waals surface area contributed by atoms with Gasteiger partial charge in [-0.25, -0.2) is 4.79 Å². The number of urea groups is 1. The summed E-state index contributed by atoms with van der Waals surface area (Å²) >= 11 is 3.44. The minimum absolute atomic E-state index is 0.00611. The fourth-order valence-corrected chi connectivity index (χ4v) is 3.54. The molecule has 4 nitrogen and oxygen atoms in total. The zero-order chi connectivity index (χ0) is 13.2. The molecular formula is C13H21BrN2O2. The molecule has 1 N–H and O–H groups in total. The Morgan fingerprint density at radius 1 is 1.33 bits per heavy atom. The van der Waals surface area contributed by atoms with Crippen LogP contribution in [0, 0.1) is 5.92 Å². The second kappa shape index (κ2) is 5.59. The highest BCUT2D eigenvalue weighted by molar-refractivity contribution is 9.09. The predicted octanol–water partition coefficient (Wildman–Crippen LogP) is 2.66. The molecule has 2 aliphatic rings. The standard InChI is InChI=1S/C13H21BrN2O2/c1-2-10(8-14)9-16-11(17)13(15-12(16)18)6-4-3-5-7-13/h10H,2-9H2,1H3,(H,15,18). The molecule has 1 saturated heterocycles. The molecule has 0 bridgehead atoms. The van der Waals surface area contributed by atoms with E-state index in [2.05, 4.69) is 28.2 Å². The van der Waals surface area contributed by atoms with E-state index in [1.54, 1.807) is 0 Å². The highest BCUT2D eigenvalue weighted by Crippen LogP contribution is 2.34. The van der Waals surface area contributed by atoms with Gasteiger partial charge in [-0.05, 0) is 18.8 Å². The van der Waals surface area contributed by atoms with Gasteiger partial charge in [0.05, 0.1) is 0 Å². The molecule has 1 saturated carbocycles. The Labute approximate surface area is 117 Å². The average molecular weight is 317 g/mol. The lowest BCUT2D eigenvalue weighted by atomic mass is 9.81. The van der Waals surface area contributed by atoms with Gasteiger partial charge in [-0.15, -0.1) is 0 Å². The van der Waals surface area contributed by atoms with E-state index in [9.17, 15) is 9.59 Å². The second-order valence-electron chi connectivity index (χ2n) is 5.42. The molecule has 3 amide bonds. The van der Waals surface area contributed by atoms with Crippen molar-refractivity contribution >= 4 is 27.9 Å². The van der Waals surface area contributed by atoms with Crippen molar-refractivity contribution in [3.8, 4) is 0 Å². The van der Waals surface area contributed by atoms with E-state index in [0.717, 1.165) is 37.4 Å². The second-order valence-corrected chi connectivity index (χ2v) is 6.06. The Hall–Kier alpha value is -0.580. The van der Waals surface area contributed by atoms with Gasteiger partial charge in [0, 0.05) is 11.9 Å². The van der Waals surface area contributed by atoms with Gasteiger partial charge in [-0.3, -0.25) is 9.69 Å². The molecule has 18 heavy (non-hydrogen) atoms. The van der Waals surface area contributed by atoms with Crippen LogP contribution in [0.3, 0.4) is 0 Å². The van der Waals surface area contributed by atoms with E-state index < -0.39 is 5.54 Å². The summed E-state index contributed by atoms with van der Waals surface area (Å²) < 4.78 is 0. The third-order valence-corrected chi connectivity index (χ3v) is 5.11. The van der Waals surface area contributed by atoms with Crippen LogP contribution < -0.4 is 5.32 Å². The topological polar surface area (TPSA) is 49.4 Å². The van der Waals surface area contributed by atoms with Crippen LogP contribution in [-0.2, 0) is 4.79 Å². The third kappa shape index (κ3) is 2.42. The van der Waals surface area contributed by atoms with Crippen molar-refractivity contribution in [3.63, 3.8) is 0 Å². The molecule has 1 spiro atoms. The first kappa shape index (κ1) is 13.8. The minimum Gasteiger partial charge on any atom is -0.323 e. The summed E-state index contributed by atoms with van der Waals surface area (Å²) in [5, 5.41) is 3.77. The number of hydrogen-bond donors (Lipinski definition) is 1. The largest absolute Gasteiger partial charge is 0.325 e. The van der Waals surface area contributed by atoms with Crippen molar-refractivity contribution in [1.82, 2.24) is 10.2 Å². The Balaban J connectivity index is 2.09. The molecule has 1 heterocycles. The van der Waals surface area contributed by atoms with Crippen molar-refractivity contribution in [2.24, 2.45) is 5.92 Å². The summed E-state index contributed by atoms with van der Waals surface area (Å²) in [6.07, 6.45) is 5.82. The molecular weight excluding hydrogens is 296 g/mol. The van der Waals surface area contributed by atoms with Crippen LogP contribution in [0.15, 0.2) is 0 Å². The Kier molecular flexibility index (Phi) is 4.30. The maximum absolute atomic E-state index is 12.5. The van der Waals surface area contributed by atoms with E-state index in [1.807, 2.05) is 0 Å². The minimum atomic E-state index is -0.570. The molecule has 0 aromatic carbocycles. The Morgan fingerprint density at radius 2 is 2.00 bits per heavy atom. The number of nitrogens with one attached hydrogen (secondary N) is 1. The van der Waals surface area contributed by atoms with Crippen molar-refractivity contribution in [3.05, 3.63) is 0 Å². The maximum Gasteiger partial charge on any atom is 0.325 e. The van der Waals surface area contributed by atoms with Crippen LogP contribution in [0.2, 0.25) is 0 Å². The number of alkyl halides is 1. The van der Waals surface area contributed by atoms with Crippen molar-refractivity contribution in [2.45, 2.75) is 51.0 Å². The SMILES string of the molecule is CCC(CBr)CN1C(=O)NC2(CCCCC2)C1=O. The van der Waals surface area contributed by atoms with Gasteiger partial charge in [-0.2, -0.15) is 0 Å². The molecule has 1 unspecified atom stereocenters. The summed E-state index contributed by atoms with van der Waals surface area (Å²) in [4.78, 5) is 25.9. The smallest absolute Gasteiger partial charge is 0.323 e. The molecule has 0 aromatic heterocycles. The number of carbonyl (C=O) groups is 2. The van der Waals surface area contributed by atoms with Gasteiger partial charge in [0.15, 0.2) is 0 Å². The third-order valence-electron chi connectivity index (χ3n) is 4.19. The number of rotatable bonds is 4. The summed E-state index contributed by atoms with van der Waals surface area (Å²) in [5.41, 5.74) is -0.570. The van der Waals surface area contributed by atoms with Gasteiger partial charge in [0.25, 0.3) is 5.91 Å². The van der Waals surface area contributed by atoms with E-state index in [1.165, 1.54) is 11.3 Å². The molecule has 2 fully saturated rings. The predicted molar refractivity (Wildman–Crippen MR) is 73.6 cm³/mol. The van der Waals surface area contributed by atoms with Crippen LogP contribution >= 0.6 is 15.9 Å². The van der Waals surface area contributed by atoms with Crippen LogP contribution in [0.5, 0.6) is 0 Å². The molecule has 1 aliphatic heterocycles. The number of halogens is 1. The molecule has 1 aliphatic carbocycles. The number of amides is 3. The molecule has 1 atom stereocenters. The molecule has 0 radical (unpaired) electrons. The van der Waals surface area contributed by atoms with Gasteiger partial charge < -0.3 is 5.32 Å². The number of hydrogen-bond acceptors (Lipinski definition) is 2. The zero-order valence-corrected chi connectivity index (χ0v) is 12.5. The lowest BCUT2D eigenvalue weighted by molar-refractivity contribution is -0.132. The first-order valence-electron chi connectivity index (χ1n) is 6.83. The summed E-state index contributed by atoms with van der Waals surface area (Å²) in [7, 11) is 0. The maximum atomic E-state index is 12.5. The fraction of sp³-hybridized carbons (Fsp3) is 0.846. The van der Waals surface area contributed by atoms with E-state index >= 15 is 0 Å². The van der Waals surface area contributed by atoms with Gasteiger partial charge in [0.2, 0.25) is 0 Å². The fourth-order valence-electron chi connectivity index (χ4n) is 2.88. The van der Waals surface area contributed by atoms with E-state index in [4.69, 9.17) is 0 Å². The van der Waals surface area contributed by atoms with Gasteiger partial charge in [0.1, 0.15) is 5.54 Å². The quantitative estimate of drug-likeness (QED) is 0.640. The highest BCUT2D eigenvalue weighted by Gasteiger charge is 2.51. The first-order valence-corrected chi connectivity index (χ1v) is 7.95. The van der Waals surface area contributed by atoms with Crippen LogP contribution in [-0.4, -0.2) is 34.3 Å². The van der Waals surface area contributed by atoms with Gasteiger partial charge >= 0.3 is 6.03 Å². The zero-order valence-electron chi connectivity index (χ0n) is 10.9. The van der Waals surface area contributed by atoms with E-state index in [-0.39, 0.29) is 11.9 Å². The van der Waals surface area contributed by atoms with Gasteiger partial charge in [-0.1, -0.05) is 48.5 Å². The Morgan fingerprint density at radius 3 is 2.56 bits per heavy atom. The number of carbonyl (C=O) groups excluding carboxylic acids is 2. The first-order chi connectivity index (χ1) is 8.63. The normalized spacial score (nSPS) is 24.4. The highest BCUT2D eigenvalue weighted by atomic mass is 79.9. The monoisotopic (exact) mass is 316 g/mol. The molecule has 2 rings (SSSR count). The number of imide groups is 1. The van der Waals surface area contributed by atoms with Crippen molar-refractivity contribution in [2.75, 3.05) is 11.9 Å². The molecule has 5 heteroatoms. The van der Waals surface area contributed by atoms with Crippen LogP contribution in [0.1, 0.15) is 45.4 Å². The van der Waals surface area contributed by atoms with Crippen LogP contribution in [0.4, 0.5) is 4.79 Å². The summed E-state index contributed by atoms with van der Waals surface area (Å²) in [6, 6.07) is -0.193. The molecule has 102 valence electrons. The average Bonchev–Trinajstić information content (AvgIpc) is 2.60. The van der Waals surface area contributed by atoms with Crippen LogP contribution in [0.25, 0.3) is 0 Å². The summed E-state index contributed by atoms with van der Waals surface area (Å²) in [6.45, 7) is 2.62. The van der Waals surface area contributed by atoms with Crippen molar-refractivity contribution in [1.29, 1.82) is 0 Å². The Bertz CT molecular complexity index is 336. The van der Waals surface area contributed by atoms with Crippen molar-refractivity contribution < 1.29 is 9.59 Å².